The smallest absolute Gasteiger partial charge is 0.255 e. The highest BCUT2D eigenvalue weighted by molar-refractivity contribution is 5.48. The van der Waals surface area contributed by atoms with E-state index in [4.69, 9.17) is 10.8 Å². The van der Waals surface area contributed by atoms with Crippen molar-refractivity contribution in [3.8, 4) is 0 Å². The molecule has 1 aromatic carbocycles. The van der Waals surface area contributed by atoms with Crippen LogP contribution >= 0.6 is 0 Å². The number of anilines is 1. The van der Waals surface area contributed by atoms with E-state index in [1.54, 1.807) is 12.1 Å². The Bertz CT molecular complexity index is 343. The van der Waals surface area contributed by atoms with E-state index in [1.165, 1.54) is 4.90 Å². The van der Waals surface area contributed by atoms with Gasteiger partial charge in [-0.15, -0.1) is 0 Å². The van der Waals surface area contributed by atoms with E-state index in [1.807, 2.05) is 19.1 Å². The molecule has 5 heteroatoms. The molecule has 0 unspecified atom stereocenters. The van der Waals surface area contributed by atoms with Gasteiger partial charge in [-0.25, -0.2) is 8.78 Å². The van der Waals surface area contributed by atoms with Crippen molar-refractivity contribution in [2.45, 2.75) is 25.8 Å². The number of nitrogens with zero attached hydrogens (tertiary/aromatic N) is 1. The summed E-state index contributed by atoms with van der Waals surface area (Å²) in [6, 6.07) is 7.20. The number of halogens is 2. The molecule has 3 N–H and O–H groups in total. The molecule has 0 saturated heterocycles. The maximum atomic E-state index is 12.4. The molecule has 0 heterocycles. The lowest BCUT2D eigenvalue weighted by Crippen LogP contribution is -2.31. The Morgan fingerprint density at radius 1 is 1.28 bits per heavy atom. The lowest BCUT2D eigenvalue weighted by molar-refractivity contribution is 0.153. The van der Waals surface area contributed by atoms with Crippen LogP contribution in [0.3, 0.4) is 0 Å². The molecule has 0 aliphatic rings. The third kappa shape index (κ3) is 4.23. The monoisotopic (exact) mass is 258 g/mol. The first-order valence-corrected chi connectivity index (χ1v) is 6.08. The second-order valence-corrected chi connectivity index (χ2v) is 4.17. The van der Waals surface area contributed by atoms with Crippen LogP contribution in [0, 0.1) is 0 Å². The van der Waals surface area contributed by atoms with Crippen molar-refractivity contribution in [2.24, 2.45) is 5.73 Å². The van der Waals surface area contributed by atoms with Crippen molar-refractivity contribution in [3.05, 3.63) is 29.8 Å². The molecule has 1 rings (SSSR count). The molecular formula is C13H20F2N2O. The number of alkyl halides is 2. The highest BCUT2D eigenvalue weighted by Crippen LogP contribution is 2.20. The number of hydrogen-bond donors (Lipinski definition) is 2. The minimum atomic E-state index is -2.42. The Morgan fingerprint density at radius 2 is 1.89 bits per heavy atom. The van der Waals surface area contributed by atoms with Gasteiger partial charge < -0.3 is 15.7 Å². The summed E-state index contributed by atoms with van der Waals surface area (Å²) >= 11 is 0. The molecule has 3 nitrogen and oxygen atoms in total. The van der Waals surface area contributed by atoms with Gasteiger partial charge in [0.1, 0.15) is 0 Å². The van der Waals surface area contributed by atoms with Crippen LogP contribution in [-0.4, -0.2) is 31.2 Å². The van der Waals surface area contributed by atoms with Crippen LogP contribution in [0.4, 0.5) is 14.5 Å². The van der Waals surface area contributed by atoms with E-state index in [0.29, 0.717) is 5.69 Å². The average molecular weight is 258 g/mol. The van der Waals surface area contributed by atoms with Crippen LogP contribution < -0.4 is 10.6 Å². The summed E-state index contributed by atoms with van der Waals surface area (Å²) in [6.07, 6.45) is -1.59. The number of hydrogen-bond acceptors (Lipinski definition) is 3. The van der Waals surface area contributed by atoms with Gasteiger partial charge in [0.15, 0.2) is 0 Å². The molecule has 0 spiro atoms. The zero-order chi connectivity index (χ0) is 13.5. The molecule has 102 valence electrons. The Kier molecular flexibility index (Phi) is 6.01. The Balaban J connectivity index is 2.79. The number of aliphatic hydroxyl groups excluding tert-OH is 1. The van der Waals surface area contributed by atoms with Crippen LogP contribution in [0.15, 0.2) is 24.3 Å². The lowest BCUT2D eigenvalue weighted by atomic mass is 10.1. The Morgan fingerprint density at radius 3 is 2.33 bits per heavy atom. The molecule has 0 amide bonds. The van der Waals surface area contributed by atoms with Crippen molar-refractivity contribution in [2.75, 3.05) is 24.6 Å². The topological polar surface area (TPSA) is 49.5 Å². The van der Waals surface area contributed by atoms with Crippen LogP contribution in [0.2, 0.25) is 0 Å². The second kappa shape index (κ2) is 7.28. The predicted molar refractivity (Wildman–Crippen MR) is 69.0 cm³/mol. The van der Waals surface area contributed by atoms with Gasteiger partial charge in [0.05, 0.1) is 13.2 Å². The molecule has 0 aliphatic carbocycles. The van der Waals surface area contributed by atoms with Gasteiger partial charge in [-0.1, -0.05) is 19.1 Å². The summed E-state index contributed by atoms with van der Waals surface area (Å²) in [5.41, 5.74) is 7.55. The molecule has 1 aromatic rings. The highest BCUT2D eigenvalue weighted by Gasteiger charge is 2.12. The standard InChI is InChI=1S/C13H20F2N2O/c1-2-12(16)10-3-5-11(6-4-10)17(7-8-18)9-13(14)15/h3-6,12-13,18H,2,7-9,16H2,1H3/t12-/m0/s1. The van der Waals surface area contributed by atoms with E-state index in [9.17, 15) is 8.78 Å². The maximum absolute atomic E-state index is 12.4. The first kappa shape index (κ1) is 14.9. The number of nitrogens with two attached hydrogens (primary N) is 1. The summed E-state index contributed by atoms with van der Waals surface area (Å²) in [4.78, 5) is 1.46. The normalized spacial score (nSPS) is 12.8. The molecular weight excluding hydrogens is 238 g/mol. The number of aliphatic hydroxyl groups is 1. The van der Waals surface area contributed by atoms with Gasteiger partial charge in [-0.05, 0) is 24.1 Å². The molecule has 0 bridgehead atoms. The molecule has 1 atom stereocenters. The number of rotatable bonds is 7. The fourth-order valence-corrected chi connectivity index (χ4v) is 1.78. The van der Waals surface area contributed by atoms with Gasteiger partial charge >= 0.3 is 0 Å². The van der Waals surface area contributed by atoms with Crippen molar-refractivity contribution in [1.29, 1.82) is 0 Å². The molecule has 0 fully saturated rings. The zero-order valence-corrected chi connectivity index (χ0v) is 10.5. The summed E-state index contributed by atoms with van der Waals surface area (Å²) in [5.74, 6) is 0. The van der Waals surface area contributed by atoms with Gasteiger partial charge in [-0.3, -0.25) is 0 Å². The van der Waals surface area contributed by atoms with Crippen molar-refractivity contribution < 1.29 is 13.9 Å². The van der Waals surface area contributed by atoms with Crippen LogP contribution in [0.5, 0.6) is 0 Å². The first-order chi connectivity index (χ1) is 8.58. The zero-order valence-electron chi connectivity index (χ0n) is 10.5. The molecule has 0 aromatic heterocycles. The van der Waals surface area contributed by atoms with E-state index in [-0.39, 0.29) is 25.7 Å². The summed E-state index contributed by atoms with van der Waals surface area (Å²) in [5, 5.41) is 8.89. The molecule has 18 heavy (non-hydrogen) atoms. The Hall–Kier alpha value is -1.20. The first-order valence-electron chi connectivity index (χ1n) is 6.08. The molecule has 0 aliphatic heterocycles. The van der Waals surface area contributed by atoms with Crippen molar-refractivity contribution >= 4 is 5.69 Å². The van der Waals surface area contributed by atoms with Crippen LogP contribution in [0.25, 0.3) is 0 Å². The minimum absolute atomic E-state index is 0.0274. The third-order valence-corrected chi connectivity index (χ3v) is 2.85. The molecule has 0 saturated carbocycles. The van der Waals surface area contributed by atoms with Gasteiger partial charge in [0.25, 0.3) is 6.43 Å². The Labute approximate surface area is 106 Å². The quantitative estimate of drug-likeness (QED) is 0.788. The van der Waals surface area contributed by atoms with E-state index < -0.39 is 6.43 Å². The maximum Gasteiger partial charge on any atom is 0.255 e. The van der Waals surface area contributed by atoms with Crippen LogP contribution in [0.1, 0.15) is 24.9 Å². The SMILES string of the molecule is CC[C@H](N)c1ccc(N(CCO)CC(F)F)cc1. The van der Waals surface area contributed by atoms with E-state index in [0.717, 1.165) is 12.0 Å². The fraction of sp³-hybridized carbons (Fsp3) is 0.538. The van der Waals surface area contributed by atoms with Gasteiger partial charge in [-0.2, -0.15) is 0 Å². The fourth-order valence-electron chi connectivity index (χ4n) is 1.78. The second-order valence-electron chi connectivity index (χ2n) is 4.17. The lowest BCUT2D eigenvalue weighted by Gasteiger charge is -2.24. The van der Waals surface area contributed by atoms with E-state index >= 15 is 0 Å². The highest BCUT2D eigenvalue weighted by atomic mass is 19.3. The average Bonchev–Trinajstić information content (AvgIpc) is 2.37. The van der Waals surface area contributed by atoms with Crippen LogP contribution in [-0.2, 0) is 0 Å². The van der Waals surface area contributed by atoms with E-state index in [2.05, 4.69) is 0 Å². The minimum Gasteiger partial charge on any atom is -0.395 e. The van der Waals surface area contributed by atoms with Crippen molar-refractivity contribution in [1.82, 2.24) is 0 Å². The summed E-state index contributed by atoms with van der Waals surface area (Å²) in [7, 11) is 0. The largest absolute Gasteiger partial charge is 0.395 e. The third-order valence-electron chi connectivity index (χ3n) is 2.85. The summed E-state index contributed by atoms with van der Waals surface area (Å²) < 4.78 is 24.8. The van der Waals surface area contributed by atoms with Gasteiger partial charge in [0.2, 0.25) is 0 Å². The van der Waals surface area contributed by atoms with Crippen molar-refractivity contribution in [3.63, 3.8) is 0 Å². The molecule has 0 radical (unpaired) electrons. The summed E-state index contributed by atoms with van der Waals surface area (Å²) in [6.45, 7) is 1.67. The van der Waals surface area contributed by atoms with Gasteiger partial charge in [0, 0.05) is 18.3 Å². The predicted octanol–water partition coefficient (Wildman–Crippen LogP) is 2.16. The number of benzene rings is 1.